The molecule has 0 unspecified atom stereocenters. The van der Waals surface area contributed by atoms with Crippen molar-refractivity contribution < 1.29 is 27.7 Å². The molecule has 210 valence electrons. The van der Waals surface area contributed by atoms with E-state index in [0.29, 0.717) is 39.5 Å². The Morgan fingerprint density at radius 1 is 0.405 bits per heavy atom. The molecule has 0 saturated carbocycles. The number of phosphoric ester groups is 1. The Morgan fingerprint density at radius 3 is 0.881 bits per heavy atom. The SMILES string of the molecule is Cc1ccc(OP(=O)(Oc2ccc(C)cc2)Oc2ccc(C)cc2)cc1.O=C1c2ccccc2C(=O)c2ccccc21. The standard InChI is InChI=1S/C21H21O4P.C14H8O2/c1-16-4-10-19(11-5-16)23-26(22,24-20-12-6-17(2)7-13-20)25-21-14-8-18(3)9-15-21;15-13-9-5-1-2-6-10(9)14(16)12-8-4-3-7-11(12)13/h4-15H,1-3H3;1-8H. The average Bonchev–Trinajstić information content (AvgIpc) is 3.00. The number of carbonyl (C=O) groups excluding carboxylic acids is 2. The summed E-state index contributed by atoms with van der Waals surface area (Å²) in [5.41, 5.74) is 5.25. The van der Waals surface area contributed by atoms with Crippen LogP contribution in [0.5, 0.6) is 17.2 Å². The molecule has 0 atom stereocenters. The highest BCUT2D eigenvalue weighted by Gasteiger charge is 2.33. The molecule has 0 fully saturated rings. The minimum Gasteiger partial charge on any atom is -0.386 e. The number of ketones is 2. The van der Waals surface area contributed by atoms with E-state index >= 15 is 0 Å². The molecule has 1 aliphatic rings. The van der Waals surface area contributed by atoms with Gasteiger partial charge in [0.15, 0.2) is 11.6 Å². The van der Waals surface area contributed by atoms with Gasteiger partial charge in [0.25, 0.3) is 0 Å². The monoisotopic (exact) mass is 576 g/mol. The zero-order valence-electron chi connectivity index (χ0n) is 23.4. The molecule has 6 rings (SSSR count). The van der Waals surface area contributed by atoms with E-state index in [1.165, 1.54) is 0 Å². The van der Waals surface area contributed by atoms with Gasteiger partial charge in [0.2, 0.25) is 0 Å². The molecule has 7 heteroatoms. The van der Waals surface area contributed by atoms with Gasteiger partial charge in [-0.1, -0.05) is 102 Å². The molecule has 5 aromatic rings. The van der Waals surface area contributed by atoms with Gasteiger partial charge in [-0.2, -0.15) is 4.57 Å². The lowest BCUT2D eigenvalue weighted by atomic mass is 9.84. The van der Waals surface area contributed by atoms with Gasteiger partial charge >= 0.3 is 7.82 Å². The van der Waals surface area contributed by atoms with Crippen LogP contribution in [-0.4, -0.2) is 11.6 Å². The molecule has 0 aromatic heterocycles. The van der Waals surface area contributed by atoms with Crippen LogP contribution in [0.4, 0.5) is 0 Å². The molecular weight excluding hydrogens is 547 g/mol. The summed E-state index contributed by atoms with van der Waals surface area (Å²) >= 11 is 0. The van der Waals surface area contributed by atoms with Crippen LogP contribution in [0.3, 0.4) is 0 Å². The number of carbonyl (C=O) groups is 2. The Kier molecular flexibility index (Phi) is 8.37. The van der Waals surface area contributed by atoms with Crippen molar-refractivity contribution in [2.45, 2.75) is 20.8 Å². The van der Waals surface area contributed by atoms with Gasteiger partial charge in [-0.15, -0.1) is 0 Å². The summed E-state index contributed by atoms with van der Waals surface area (Å²) in [6.07, 6.45) is 0. The van der Waals surface area contributed by atoms with Crippen LogP contribution in [-0.2, 0) is 4.57 Å². The molecule has 0 heterocycles. The summed E-state index contributed by atoms with van der Waals surface area (Å²) in [7, 11) is -3.93. The van der Waals surface area contributed by atoms with Crippen molar-refractivity contribution in [3.8, 4) is 17.2 Å². The average molecular weight is 577 g/mol. The maximum atomic E-state index is 13.3. The summed E-state index contributed by atoms with van der Waals surface area (Å²) in [5, 5.41) is 0. The smallest absolute Gasteiger partial charge is 0.386 e. The Bertz CT molecular complexity index is 1550. The predicted octanol–water partition coefficient (Wildman–Crippen LogP) is 8.72. The fourth-order valence-electron chi connectivity index (χ4n) is 4.29. The van der Waals surface area contributed by atoms with E-state index in [1.807, 2.05) is 57.2 Å². The zero-order valence-corrected chi connectivity index (χ0v) is 24.3. The third-order valence-corrected chi connectivity index (χ3v) is 7.85. The van der Waals surface area contributed by atoms with Crippen molar-refractivity contribution in [2.75, 3.05) is 0 Å². The lowest BCUT2D eigenvalue weighted by Crippen LogP contribution is -2.20. The van der Waals surface area contributed by atoms with Crippen LogP contribution in [0, 0.1) is 20.8 Å². The Balaban J connectivity index is 0.000000187. The van der Waals surface area contributed by atoms with Crippen LogP contribution < -0.4 is 13.6 Å². The largest absolute Gasteiger partial charge is 0.647 e. The molecule has 0 spiro atoms. The molecule has 0 radical (unpaired) electrons. The summed E-state index contributed by atoms with van der Waals surface area (Å²) < 4.78 is 30.2. The second-order valence-electron chi connectivity index (χ2n) is 9.91. The summed E-state index contributed by atoms with van der Waals surface area (Å²) in [6.45, 7) is 5.90. The third kappa shape index (κ3) is 6.68. The van der Waals surface area contributed by atoms with Crippen LogP contribution in [0.1, 0.15) is 48.5 Å². The van der Waals surface area contributed by atoms with Gasteiger partial charge in [0, 0.05) is 22.3 Å². The van der Waals surface area contributed by atoms with E-state index in [9.17, 15) is 14.2 Å². The van der Waals surface area contributed by atoms with Crippen molar-refractivity contribution in [3.63, 3.8) is 0 Å². The Morgan fingerprint density at radius 2 is 0.643 bits per heavy atom. The van der Waals surface area contributed by atoms with Crippen molar-refractivity contribution in [3.05, 3.63) is 160 Å². The first-order chi connectivity index (χ1) is 20.2. The van der Waals surface area contributed by atoms with E-state index in [-0.39, 0.29) is 11.6 Å². The summed E-state index contributed by atoms with van der Waals surface area (Å²) in [5.74, 6) is 1.12. The first kappa shape index (κ1) is 28.6. The molecule has 1 aliphatic carbocycles. The molecule has 5 aromatic carbocycles. The van der Waals surface area contributed by atoms with Gasteiger partial charge in [-0.25, -0.2) is 0 Å². The first-order valence-corrected chi connectivity index (χ1v) is 14.8. The second-order valence-corrected chi connectivity index (χ2v) is 11.4. The van der Waals surface area contributed by atoms with E-state index < -0.39 is 7.82 Å². The molecule has 0 aliphatic heterocycles. The van der Waals surface area contributed by atoms with Crippen molar-refractivity contribution >= 4 is 19.4 Å². The normalized spacial score (nSPS) is 11.9. The minimum absolute atomic E-state index is 0.0641. The Labute approximate surface area is 245 Å². The van der Waals surface area contributed by atoms with Crippen LogP contribution in [0.15, 0.2) is 121 Å². The van der Waals surface area contributed by atoms with Crippen molar-refractivity contribution in [2.24, 2.45) is 0 Å². The molecule has 42 heavy (non-hydrogen) atoms. The highest BCUT2D eigenvalue weighted by molar-refractivity contribution is 7.49. The lowest BCUT2D eigenvalue weighted by Gasteiger charge is -2.19. The third-order valence-electron chi connectivity index (χ3n) is 6.55. The molecule has 0 amide bonds. The molecule has 6 nitrogen and oxygen atoms in total. The second kappa shape index (κ2) is 12.3. The lowest BCUT2D eigenvalue weighted by molar-refractivity contribution is 0.0979. The molecule has 0 N–H and O–H groups in total. The summed E-state index contributed by atoms with van der Waals surface area (Å²) in [4.78, 5) is 24.2. The van der Waals surface area contributed by atoms with Crippen LogP contribution in [0.2, 0.25) is 0 Å². The molecule has 0 bridgehead atoms. The number of aryl methyl sites for hydroxylation is 3. The van der Waals surface area contributed by atoms with Gasteiger partial charge in [0.1, 0.15) is 17.2 Å². The maximum Gasteiger partial charge on any atom is 0.647 e. The van der Waals surface area contributed by atoms with E-state index in [4.69, 9.17) is 13.6 Å². The van der Waals surface area contributed by atoms with Crippen molar-refractivity contribution in [1.29, 1.82) is 0 Å². The number of rotatable bonds is 6. The number of phosphoric acid groups is 1. The maximum absolute atomic E-state index is 13.3. The Hall–Kier alpha value is -4.93. The van der Waals surface area contributed by atoms with Crippen molar-refractivity contribution in [1.82, 2.24) is 0 Å². The van der Waals surface area contributed by atoms with E-state index in [0.717, 1.165) is 16.7 Å². The predicted molar refractivity (Wildman–Crippen MR) is 163 cm³/mol. The topological polar surface area (TPSA) is 78.9 Å². The van der Waals surface area contributed by atoms with Gasteiger partial charge in [0.05, 0.1) is 0 Å². The van der Waals surface area contributed by atoms with Gasteiger partial charge in [-0.3, -0.25) is 9.59 Å². The quantitative estimate of drug-likeness (QED) is 0.185. The number of hydrogen-bond donors (Lipinski definition) is 0. The van der Waals surface area contributed by atoms with E-state index in [2.05, 4.69) is 0 Å². The van der Waals surface area contributed by atoms with Crippen LogP contribution in [0.25, 0.3) is 0 Å². The fourth-order valence-corrected chi connectivity index (χ4v) is 5.54. The number of hydrogen-bond acceptors (Lipinski definition) is 6. The zero-order chi connectivity index (χ0) is 29.7. The summed E-state index contributed by atoms with van der Waals surface area (Å²) in [6, 6.07) is 35.5. The highest BCUT2D eigenvalue weighted by Crippen LogP contribution is 2.49. The molecular formula is C35H29O6P. The minimum atomic E-state index is -3.93. The molecule has 0 saturated heterocycles. The van der Waals surface area contributed by atoms with Gasteiger partial charge < -0.3 is 13.6 Å². The first-order valence-electron chi connectivity index (χ1n) is 13.4. The van der Waals surface area contributed by atoms with Crippen LogP contribution >= 0.6 is 7.82 Å². The highest BCUT2D eigenvalue weighted by atomic mass is 31.2. The number of fused-ring (bicyclic) bond motifs is 2. The number of benzene rings is 5. The fraction of sp³-hybridized carbons (Fsp3) is 0.0857. The van der Waals surface area contributed by atoms with Gasteiger partial charge in [-0.05, 0) is 57.2 Å². The van der Waals surface area contributed by atoms with E-state index in [1.54, 1.807) is 84.9 Å².